The van der Waals surface area contributed by atoms with Crippen LogP contribution in [0.4, 0.5) is 5.69 Å². The fourth-order valence-corrected chi connectivity index (χ4v) is 2.60. The lowest BCUT2D eigenvalue weighted by molar-refractivity contribution is -0.120. The molecule has 1 aliphatic heterocycles. The van der Waals surface area contributed by atoms with Gasteiger partial charge in [0.25, 0.3) is 0 Å². The summed E-state index contributed by atoms with van der Waals surface area (Å²) >= 11 is 0. The van der Waals surface area contributed by atoms with E-state index in [1.54, 1.807) is 6.20 Å². The highest BCUT2D eigenvalue weighted by Crippen LogP contribution is 2.24. The number of carbonyl (C=O) groups is 1. The molecule has 5 heteroatoms. The van der Waals surface area contributed by atoms with Gasteiger partial charge in [-0.3, -0.25) is 9.78 Å². The Balaban J connectivity index is 0.00000147. The molecule has 20 heavy (non-hydrogen) atoms. The summed E-state index contributed by atoms with van der Waals surface area (Å²) in [4.78, 5) is 16.6. The number of nitrogens with zero attached hydrogens (tertiary/aromatic N) is 1. The molecule has 2 heterocycles. The van der Waals surface area contributed by atoms with Gasteiger partial charge in [-0.2, -0.15) is 0 Å². The van der Waals surface area contributed by atoms with E-state index in [-0.39, 0.29) is 24.2 Å². The Morgan fingerprint density at radius 2 is 2.15 bits per heavy atom. The van der Waals surface area contributed by atoms with Gasteiger partial charge >= 0.3 is 0 Å². The highest BCUT2D eigenvalue weighted by Gasteiger charge is 2.29. The number of fused-ring (bicyclic) bond motifs is 1. The minimum Gasteiger partial charge on any atom is -0.325 e. The molecule has 0 saturated carbocycles. The van der Waals surface area contributed by atoms with Crippen molar-refractivity contribution in [3.05, 3.63) is 36.5 Å². The normalized spacial score (nSPS) is 21.4. The second kappa shape index (κ2) is 6.20. The molecule has 0 spiro atoms. The summed E-state index contributed by atoms with van der Waals surface area (Å²) in [5.74, 6) is 0.522. The van der Waals surface area contributed by atoms with Crippen LogP contribution in [0.25, 0.3) is 10.9 Å². The smallest absolute Gasteiger partial charge is 0.229 e. The van der Waals surface area contributed by atoms with Gasteiger partial charge in [0.2, 0.25) is 5.91 Å². The van der Waals surface area contributed by atoms with Crippen LogP contribution in [0.15, 0.2) is 36.5 Å². The first kappa shape index (κ1) is 14.8. The molecule has 1 amide bonds. The average molecular weight is 292 g/mol. The molecule has 1 saturated heterocycles. The molecule has 4 nitrogen and oxygen atoms in total. The lowest BCUT2D eigenvalue weighted by atomic mass is 9.97. The summed E-state index contributed by atoms with van der Waals surface area (Å²) in [6, 6.07) is 9.66. The lowest BCUT2D eigenvalue weighted by Crippen LogP contribution is -2.27. The van der Waals surface area contributed by atoms with E-state index in [2.05, 4.69) is 22.5 Å². The molecule has 1 aromatic carbocycles. The predicted molar refractivity (Wildman–Crippen MR) is 83.1 cm³/mol. The zero-order chi connectivity index (χ0) is 13.2. The topological polar surface area (TPSA) is 54.0 Å². The maximum atomic E-state index is 12.3. The molecule has 2 N–H and O–H groups in total. The molecular formula is C15H18ClN3O. The van der Waals surface area contributed by atoms with Crippen molar-refractivity contribution in [3.8, 4) is 0 Å². The third kappa shape index (κ3) is 2.76. The van der Waals surface area contributed by atoms with Gasteiger partial charge in [-0.25, -0.2) is 0 Å². The van der Waals surface area contributed by atoms with Crippen LogP contribution in [-0.2, 0) is 4.79 Å². The van der Waals surface area contributed by atoms with Crippen molar-refractivity contribution in [1.29, 1.82) is 0 Å². The van der Waals surface area contributed by atoms with Gasteiger partial charge in [-0.1, -0.05) is 13.0 Å². The Bertz CT molecular complexity index is 612. The first-order chi connectivity index (χ1) is 9.25. The summed E-state index contributed by atoms with van der Waals surface area (Å²) in [5.41, 5.74) is 1.74. The molecule has 1 aromatic heterocycles. The van der Waals surface area contributed by atoms with E-state index in [1.165, 1.54) is 0 Å². The number of nitrogens with one attached hydrogen (secondary N) is 2. The van der Waals surface area contributed by atoms with Crippen molar-refractivity contribution in [1.82, 2.24) is 10.3 Å². The molecule has 0 radical (unpaired) electrons. The Morgan fingerprint density at radius 3 is 2.90 bits per heavy atom. The first-order valence-electron chi connectivity index (χ1n) is 6.61. The van der Waals surface area contributed by atoms with Crippen LogP contribution in [-0.4, -0.2) is 24.0 Å². The quantitative estimate of drug-likeness (QED) is 0.894. The van der Waals surface area contributed by atoms with E-state index < -0.39 is 0 Å². The van der Waals surface area contributed by atoms with Crippen LogP contribution in [0.2, 0.25) is 0 Å². The van der Waals surface area contributed by atoms with Crippen molar-refractivity contribution in [2.75, 3.05) is 18.4 Å². The zero-order valence-electron chi connectivity index (χ0n) is 11.3. The Morgan fingerprint density at radius 1 is 1.30 bits per heavy atom. The number of anilines is 1. The highest BCUT2D eigenvalue weighted by atomic mass is 35.5. The van der Waals surface area contributed by atoms with Crippen LogP contribution >= 0.6 is 12.4 Å². The van der Waals surface area contributed by atoms with E-state index in [1.807, 2.05) is 30.3 Å². The van der Waals surface area contributed by atoms with Crippen molar-refractivity contribution in [2.24, 2.45) is 11.8 Å². The minimum atomic E-state index is 0. The van der Waals surface area contributed by atoms with Crippen molar-refractivity contribution in [3.63, 3.8) is 0 Å². The number of hydrogen-bond donors (Lipinski definition) is 2. The summed E-state index contributed by atoms with van der Waals surface area (Å²) in [5, 5.41) is 7.27. The number of benzene rings is 1. The standard InChI is InChI=1S/C15H17N3O.ClH/c1-10-8-16-9-12(10)15(19)18-14-6-2-5-13-11(14)4-3-7-17-13;/h2-7,10,12,16H,8-9H2,1H3,(H,18,19);1H/t10-,12-;/m1./s1. The van der Waals surface area contributed by atoms with Crippen LogP contribution < -0.4 is 10.6 Å². The number of hydrogen-bond acceptors (Lipinski definition) is 3. The second-order valence-electron chi connectivity index (χ2n) is 5.11. The number of carbonyl (C=O) groups excluding carboxylic acids is 1. The van der Waals surface area contributed by atoms with E-state index in [9.17, 15) is 4.79 Å². The van der Waals surface area contributed by atoms with E-state index >= 15 is 0 Å². The molecule has 0 unspecified atom stereocenters. The van der Waals surface area contributed by atoms with Gasteiger partial charge < -0.3 is 10.6 Å². The van der Waals surface area contributed by atoms with E-state index in [4.69, 9.17) is 0 Å². The van der Waals surface area contributed by atoms with Crippen molar-refractivity contribution >= 4 is 34.9 Å². The predicted octanol–water partition coefficient (Wildman–Crippen LogP) is 2.45. The summed E-state index contributed by atoms with van der Waals surface area (Å²) < 4.78 is 0. The largest absolute Gasteiger partial charge is 0.325 e. The van der Waals surface area contributed by atoms with Crippen molar-refractivity contribution < 1.29 is 4.79 Å². The van der Waals surface area contributed by atoms with Crippen LogP contribution in [0.1, 0.15) is 6.92 Å². The van der Waals surface area contributed by atoms with Crippen LogP contribution in [0.3, 0.4) is 0 Å². The SMILES string of the molecule is C[C@@H]1CNC[C@H]1C(=O)Nc1cccc2ncccc12.Cl. The highest BCUT2D eigenvalue weighted by molar-refractivity contribution is 6.01. The monoisotopic (exact) mass is 291 g/mol. The van der Waals surface area contributed by atoms with E-state index in [0.717, 1.165) is 29.7 Å². The van der Waals surface area contributed by atoms with Gasteiger partial charge in [0, 0.05) is 18.1 Å². The van der Waals surface area contributed by atoms with Gasteiger partial charge in [0.05, 0.1) is 17.1 Å². The molecular weight excluding hydrogens is 274 g/mol. The first-order valence-corrected chi connectivity index (χ1v) is 6.61. The van der Waals surface area contributed by atoms with Gasteiger partial charge in [0.15, 0.2) is 0 Å². The maximum Gasteiger partial charge on any atom is 0.229 e. The van der Waals surface area contributed by atoms with Gasteiger partial charge in [-0.15, -0.1) is 12.4 Å². The van der Waals surface area contributed by atoms with Gasteiger partial charge in [0.1, 0.15) is 0 Å². The Hall–Kier alpha value is -1.65. The third-order valence-corrected chi connectivity index (χ3v) is 3.76. The van der Waals surface area contributed by atoms with Crippen molar-refractivity contribution in [2.45, 2.75) is 6.92 Å². The molecule has 1 aliphatic rings. The fourth-order valence-electron chi connectivity index (χ4n) is 2.60. The minimum absolute atomic E-state index is 0. The number of halogens is 1. The second-order valence-corrected chi connectivity index (χ2v) is 5.11. The number of rotatable bonds is 2. The average Bonchev–Trinajstić information content (AvgIpc) is 2.85. The Labute approximate surface area is 124 Å². The number of amides is 1. The molecule has 0 bridgehead atoms. The summed E-state index contributed by atoms with van der Waals surface area (Å²) in [6.45, 7) is 3.78. The molecule has 1 fully saturated rings. The number of aromatic nitrogens is 1. The summed E-state index contributed by atoms with van der Waals surface area (Å²) in [6.07, 6.45) is 1.76. The van der Waals surface area contributed by atoms with Crippen LogP contribution in [0.5, 0.6) is 0 Å². The third-order valence-electron chi connectivity index (χ3n) is 3.76. The molecule has 3 rings (SSSR count). The molecule has 0 aliphatic carbocycles. The lowest BCUT2D eigenvalue weighted by Gasteiger charge is -2.15. The Kier molecular flexibility index (Phi) is 4.57. The molecule has 2 atom stereocenters. The zero-order valence-corrected chi connectivity index (χ0v) is 12.1. The molecule has 2 aromatic rings. The number of pyridine rings is 1. The summed E-state index contributed by atoms with van der Waals surface area (Å²) in [7, 11) is 0. The van der Waals surface area contributed by atoms with E-state index in [0.29, 0.717) is 5.92 Å². The maximum absolute atomic E-state index is 12.3. The molecule has 106 valence electrons. The van der Waals surface area contributed by atoms with Crippen LogP contribution in [0, 0.1) is 11.8 Å². The van der Waals surface area contributed by atoms with Gasteiger partial charge in [-0.05, 0) is 36.7 Å². The fraction of sp³-hybridized carbons (Fsp3) is 0.333.